The van der Waals surface area contributed by atoms with Gasteiger partial charge >= 0.3 is 7.60 Å². The van der Waals surface area contributed by atoms with Gasteiger partial charge in [0.05, 0.1) is 6.16 Å². The van der Waals surface area contributed by atoms with E-state index in [-0.39, 0.29) is 18.6 Å². The Labute approximate surface area is 77.7 Å². The molecule has 0 aromatic rings. The lowest BCUT2D eigenvalue weighted by Crippen LogP contribution is -2.36. The third-order valence-electron chi connectivity index (χ3n) is 1.37. The van der Waals surface area contributed by atoms with Gasteiger partial charge < -0.3 is 15.1 Å². The van der Waals surface area contributed by atoms with E-state index >= 15 is 0 Å². The van der Waals surface area contributed by atoms with E-state index in [1.807, 2.05) is 0 Å². The molecule has 0 aromatic carbocycles. The Hall–Kier alpha value is -0.380. The van der Waals surface area contributed by atoms with Crippen LogP contribution in [0.25, 0.3) is 0 Å². The molecule has 0 bridgehead atoms. The first kappa shape index (κ1) is 12.6. The van der Waals surface area contributed by atoms with Gasteiger partial charge in [-0.3, -0.25) is 9.36 Å². The van der Waals surface area contributed by atoms with E-state index in [4.69, 9.17) is 9.79 Å². The smallest absolute Gasteiger partial charge is 0.327 e. The van der Waals surface area contributed by atoms with Crippen LogP contribution in [0, 0.1) is 5.41 Å². The molecule has 0 saturated heterocycles. The number of nitrogens with one attached hydrogen (secondary N) is 1. The third kappa shape index (κ3) is 6.75. The highest BCUT2D eigenvalue weighted by molar-refractivity contribution is 7.51. The van der Waals surface area contributed by atoms with Crippen molar-refractivity contribution in [1.29, 1.82) is 0 Å². The van der Waals surface area contributed by atoms with Crippen LogP contribution in [0.2, 0.25) is 0 Å². The fourth-order valence-electron chi connectivity index (χ4n) is 0.580. The molecule has 5 nitrogen and oxygen atoms in total. The maximum atomic E-state index is 11.2. The molecule has 0 aliphatic heterocycles. The van der Waals surface area contributed by atoms with Gasteiger partial charge in [0, 0.05) is 12.0 Å². The van der Waals surface area contributed by atoms with Crippen LogP contribution in [0.15, 0.2) is 0 Å². The number of amides is 1. The first-order valence-electron chi connectivity index (χ1n) is 3.96. The van der Waals surface area contributed by atoms with Crippen LogP contribution >= 0.6 is 7.60 Å². The maximum absolute atomic E-state index is 11.2. The summed E-state index contributed by atoms with van der Waals surface area (Å²) in [4.78, 5) is 28.2. The minimum Gasteiger partial charge on any atom is -0.355 e. The topological polar surface area (TPSA) is 86.6 Å². The minimum atomic E-state index is -3.99. The normalized spacial score (nSPS) is 12.7. The summed E-state index contributed by atoms with van der Waals surface area (Å²) in [7, 11) is -3.99. The zero-order valence-electron chi connectivity index (χ0n) is 8.07. The van der Waals surface area contributed by atoms with Gasteiger partial charge in [-0.2, -0.15) is 0 Å². The summed E-state index contributed by atoms with van der Waals surface area (Å²) in [6, 6.07) is 0. The van der Waals surface area contributed by atoms with E-state index < -0.39 is 13.0 Å². The van der Waals surface area contributed by atoms with Gasteiger partial charge in [-0.1, -0.05) is 20.8 Å². The van der Waals surface area contributed by atoms with Crippen LogP contribution in [0.5, 0.6) is 0 Å². The molecule has 13 heavy (non-hydrogen) atoms. The predicted molar refractivity (Wildman–Crippen MR) is 49.4 cm³/mol. The molecule has 0 radical (unpaired) electrons. The summed E-state index contributed by atoms with van der Waals surface area (Å²) in [6.45, 7) is 5.22. The van der Waals surface area contributed by atoms with Gasteiger partial charge in [-0.25, -0.2) is 0 Å². The van der Waals surface area contributed by atoms with E-state index in [0.717, 1.165) is 0 Å². The van der Waals surface area contributed by atoms with Crippen molar-refractivity contribution in [3.05, 3.63) is 0 Å². The predicted octanol–water partition coefficient (Wildman–Crippen LogP) is 0.326. The summed E-state index contributed by atoms with van der Waals surface area (Å²) in [6.07, 6.45) is -0.311. The Morgan fingerprint density at radius 3 is 2.15 bits per heavy atom. The fraction of sp³-hybridized carbons (Fsp3) is 0.857. The van der Waals surface area contributed by atoms with Gasteiger partial charge in [-0.05, 0) is 0 Å². The third-order valence-corrected chi connectivity index (χ3v) is 2.18. The Balaban J connectivity index is 3.80. The summed E-state index contributed by atoms with van der Waals surface area (Å²) < 4.78 is 10.4. The van der Waals surface area contributed by atoms with Crippen molar-refractivity contribution in [3.8, 4) is 0 Å². The lowest BCUT2D eigenvalue weighted by molar-refractivity contribution is -0.128. The second kappa shape index (κ2) is 4.22. The molecule has 0 heterocycles. The Morgan fingerprint density at radius 2 is 1.85 bits per heavy atom. The fourth-order valence-corrected chi connectivity index (χ4v) is 0.983. The zero-order chi connectivity index (χ0) is 10.7. The Bertz CT molecular complexity index is 227. The molecule has 3 N–H and O–H groups in total. The number of hydrogen-bond acceptors (Lipinski definition) is 2. The van der Waals surface area contributed by atoms with Crippen molar-refractivity contribution >= 4 is 13.5 Å². The number of carbonyl (C=O) groups excluding carboxylic acids is 1. The molecular formula is C7H16NO4P. The average Bonchev–Trinajstić information content (AvgIpc) is 1.82. The standard InChI is InChI=1S/C7H16NO4P/c1-7(2,3)6(9)8-4-5-13(10,11)12/h4-5H2,1-3H3,(H,8,9)(H2,10,11,12). The van der Waals surface area contributed by atoms with Crippen LogP contribution in [-0.2, 0) is 9.36 Å². The molecule has 0 aliphatic carbocycles. The molecule has 6 heteroatoms. The van der Waals surface area contributed by atoms with Crippen LogP contribution in [0.1, 0.15) is 20.8 Å². The minimum absolute atomic E-state index is 0.0143. The molecular weight excluding hydrogens is 193 g/mol. The second-order valence-corrected chi connectivity index (χ2v) is 5.67. The monoisotopic (exact) mass is 209 g/mol. The highest BCUT2D eigenvalue weighted by atomic mass is 31.2. The highest BCUT2D eigenvalue weighted by Gasteiger charge is 2.21. The van der Waals surface area contributed by atoms with E-state index in [1.165, 1.54) is 0 Å². The SMILES string of the molecule is CC(C)(C)C(=O)NCCP(=O)(O)O. The summed E-state index contributed by atoms with van der Waals surface area (Å²) in [5.41, 5.74) is -0.519. The highest BCUT2D eigenvalue weighted by Crippen LogP contribution is 2.32. The van der Waals surface area contributed by atoms with Crippen molar-refractivity contribution < 1.29 is 19.1 Å². The van der Waals surface area contributed by atoms with Gasteiger partial charge in [0.15, 0.2) is 0 Å². The van der Waals surface area contributed by atoms with Crippen molar-refractivity contribution in [3.63, 3.8) is 0 Å². The molecule has 0 aliphatic rings. The number of carbonyl (C=O) groups is 1. The van der Waals surface area contributed by atoms with Crippen molar-refractivity contribution in [2.24, 2.45) is 5.41 Å². The molecule has 0 aromatic heterocycles. The van der Waals surface area contributed by atoms with Crippen LogP contribution in [0.4, 0.5) is 0 Å². The van der Waals surface area contributed by atoms with E-state index in [2.05, 4.69) is 5.32 Å². The molecule has 78 valence electrons. The molecule has 0 spiro atoms. The second-order valence-electron chi connectivity index (χ2n) is 3.89. The number of hydrogen-bond donors (Lipinski definition) is 3. The van der Waals surface area contributed by atoms with E-state index in [0.29, 0.717) is 0 Å². The van der Waals surface area contributed by atoms with E-state index in [9.17, 15) is 9.36 Å². The van der Waals surface area contributed by atoms with Gasteiger partial charge in [0.2, 0.25) is 5.91 Å². The molecule has 0 rings (SSSR count). The average molecular weight is 209 g/mol. The van der Waals surface area contributed by atoms with Gasteiger partial charge in [0.25, 0.3) is 0 Å². The number of rotatable bonds is 3. The van der Waals surface area contributed by atoms with Crippen LogP contribution < -0.4 is 5.32 Å². The molecule has 0 unspecified atom stereocenters. The molecule has 1 amide bonds. The summed E-state index contributed by atoms with van der Waals surface area (Å²) in [5.74, 6) is -0.207. The van der Waals surface area contributed by atoms with Gasteiger partial charge in [-0.15, -0.1) is 0 Å². The Morgan fingerprint density at radius 1 is 1.38 bits per heavy atom. The molecule has 0 saturated carbocycles. The first-order valence-corrected chi connectivity index (χ1v) is 5.75. The molecule has 0 fully saturated rings. The maximum Gasteiger partial charge on any atom is 0.327 e. The van der Waals surface area contributed by atoms with E-state index in [1.54, 1.807) is 20.8 Å². The van der Waals surface area contributed by atoms with Crippen molar-refractivity contribution in [1.82, 2.24) is 5.32 Å². The summed E-state index contributed by atoms with van der Waals surface area (Å²) in [5, 5.41) is 2.45. The van der Waals surface area contributed by atoms with Gasteiger partial charge in [0.1, 0.15) is 0 Å². The van der Waals surface area contributed by atoms with Crippen LogP contribution in [-0.4, -0.2) is 28.4 Å². The Kier molecular flexibility index (Phi) is 4.10. The first-order chi connectivity index (χ1) is 5.63. The van der Waals surface area contributed by atoms with Crippen LogP contribution in [0.3, 0.4) is 0 Å². The lowest BCUT2D eigenvalue weighted by atomic mass is 9.96. The summed E-state index contributed by atoms with van der Waals surface area (Å²) >= 11 is 0. The quantitative estimate of drug-likeness (QED) is 0.584. The largest absolute Gasteiger partial charge is 0.355 e. The lowest BCUT2D eigenvalue weighted by Gasteiger charge is -2.17. The zero-order valence-corrected chi connectivity index (χ0v) is 8.97. The molecule has 0 atom stereocenters. The van der Waals surface area contributed by atoms with Crippen molar-refractivity contribution in [2.75, 3.05) is 12.7 Å². The van der Waals surface area contributed by atoms with Crippen molar-refractivity contribution in [2.45, 2.75) is 20.8 Å².